The average Bonchev–Trinajstić information content (AvgIpc) is 3.04. The van der Waals surface area contributed by atoms with Gasteiger partial charge in [-0.3, -0.25) is 29.4 Å². The predicted molar refractivity (Wildman–Crippen MR) is 118 cm³/mol. The van der Waals surface area contributed by atoms with Crippen molar-refractivity contribution in [1.29, 1.82) is 0 Å². The van der Waals surface area contributed by atoms with Crippen LogP contribution in [0.25, 0.3) is 0 Å². The van der Waals surface area contributed by atoms with Crippen LogP contribution in [0.3, 0.4) is 0 Å². The Morgan fingerprint density at radius 2 is 1.67 bits per heavy atom. The Balaban J connectivity index is 1.64. The van der Waals surface area contributed by atoms with Gasteiger partial charge >= 0.3 is 0 Å². The summed E-state index contributed by atoms with van der Waals surface area (Å²) in [5, 5.41) is 10.8. The number of anilines is 1. The zero-order valence-corrected chi connectivity index (χ0v) is 17.7. The molecule has 0 fully saturated rings. The van der Waals surface area contributed by atoms with Gasteiger partial charge in [0.2, 0.25) is 0 Å². The monoisotopic (exact) mass is 467 g/mol. The van der Waals surface area contributed by atoms with Gasteiger partial charge in [-0.25, -0.2) is 4.39 Å². The quantitative estimate of drug-likeness (QED) is 0.305. The number of benzene rings is 3. The number of non-ortho nitro benzene ring substituents is 1. The molecule has 0 saturated carbocycles. The van der Waals surface area contributed by atoms with E-state index in [0.717, 1.165) is 23.1 Å². The van der Waals surface area contributed by atoms with Crippen molar-refractivity contribution < 1.29 is 23.7 Å². The minimum absolute atomic E-state index is 0.0473. The zero-order valence-electron chi connectivity index (χ0n) is 16.9. The molecule has 1 aliphatic rings. The molecule has 0 saturated heterocycles. The molecule has 0 radical (unpaired) electrons. The van der Waals surface area contributed by atoms with Crippen molar-refractivity contribution >= 4 is 40.7 Å². The van der Waals surface area contributed by atoms with Gasteiger partial charge in [0.05, 0.1) is 26.6 Å². The second-order valence-corrected chi connectivity index (χ2v) is 7.57. The van der Waals surface area contributed by atoms with E-state index in [2.05, 4.69) is 0 Å². The SMILES string of the molecule is O=C1c2ccccc2C(=O)N1CCN(C(=O)c1ccc([N+](=O)[O-])cc1Cl)c1cccc(F)c1. The van der Waals surface area contributed by atoms with Crippen LogP contribution in [0.4, 0.5) is 15.8 Å². The van der Waals surface area contributed by atoms with Crippen molar-refractivity contribution in [3.05, 3.63) is 104 Å². The van der Waals surface area contributed by atoms with E-state index in [4.69, 9.17) is 11.6 Å². The molecule has 166 valence electrons. The number of nitrogens with zero attached hydrogens (tertiary/aromatic N) is 3. The Labute approximate surface area is 191 Å². The van der Waals surface area contributed by atoms with E-state index in [1.807, 2.05) is 0 Å². The van der Waals surface area contributed by atoms with Crippen molar-refractivity contribution in [3.63, 3.8) is 0 Å². The molecule has 0 atom stereocenters. The number of carbonyl (C=O) groups is 3. The van der Waals surface area contributed by atoms with Gasteiger partial charge in [0.1, 0.15) is 5.82 Å². The smallest absolute Gasteiger partial charge is 0.270 e. The van der Waals surface area contributed by atoms with E-state index in [1.54, 1.807) is 24.3 Å². The molecule has 8 nitrogen and oxygen atoms in total. The van der Waals surface area contributed by atoms with E-state index in [0.29, 0.717) is 0 Å². The van der Waals surface area contributed by atoms with Gasteiger partial charge in [-0.1, -0.05) is 29.8 Å². The highest BCUT2D eigenvalue weighted by molar-refractivity contribution is 6.34. The summed E-state index contributed by atoms with van der Waals surface area (Å²) in [6.45, 7) is -0.305. The molecule has 3 aromatic rings. The fourth-order valence-electron chi connectivity index (χ4n) is 3.57. The van der Waals surface area contributed by atoms with Crippen LogP contribution in [0.5, 0.6) is 0 Å². The molecule has 33 heavy (non-hydrogen) atoms. The molecule has 0 unspecified atom stereocenters. The molecule has 10 heteroatoms. The number of nitro benzene ring substituents is 1. The van der Waals surface area contributed by atoms with Crippen LogP contribution in [0.1, 0.15) is 31.1 Å². The number of hydrogen-bond donors (Lipinski definition) is 0. The van der Waals surface area contributed by atoms with Crippen LogP contribution in [-0.4, -0.2) is 40.6 Å². The summed E-state index contributed by atoms with van der Waals surface area (Å²) in [5.74, 6) is -2.25. The number of hydrogen-bond acceptors (Lipinski definition) is 5. The molecule has 3 amide bonds. The highest BCUT2D eigenvalue weighted by Crippen LogP contribution is 2.27. The Bertz CT molecular complexity index is 1280. The third-order valence-corrected chi connectivity index (χ3v) is 5.50. The topological polar surface area (TPSA) is 101 Å². The molecular formula is C23H15ClFN3O5. The Morgan fingerprint density at radius 1 is 1.00 bits per heavy atom. The van der Waals surface area contributed by atoms with Crippen molar-refractivity contribution in [2.75, 3.05) is 18.0 Å². The zero-order chi connectivity index (χ0) is 23.7. The first kappa shape index (κ1) is 22.1. The van der Waals surface area contributed by atoms with Crippen LogP contribution in [0, 0.1) is 15.9 Å². The summed E-state index contributed by atoms with van der Waals surface area (Å²) in [4.78, 5) is 51.1. The van der Waals surface area contributed by atoms with E-state index in [9.17, 15) is 28.9 Å². The van der Waals surface area contributed by atoms with Crippen molar-refractivity contribution in [2.45, 2.75) is 0 Å². The van der Waals surface area contributed by atoms with E-state index in [1.165, 1.54) is 29.2 Å². The molecule has 0 bridgehead atoms. The normalized spacial score (nSPS) is 12.6. The summed E-state index contributed by atoms with van der Waals surface area (Å²) in [5.41, 5.74) is 0.369. The van der Waals surface area contributed by atoms with Crippen molar-refractivity contribution in [3.8, 4) is 0 Å². The molecule has 1 aliphatic heterocycles. The molecule has 0 N–H and O–H groups in total. The number of rotatable bonds is 6. The van der Waals surface area contributed by atoms with Crippen LogP contribution in [-0.2, 0) is 0 Å². The van der Waals surface area contributed by atoms with E-state index in [-0.39, 0.29) is 46.2 Å². The third-order valence-electron chi connectivity index (χ3n) is 5.18. The van der Waals surface area contributed by atoms with Crippen LogP contribution < -0.4 is 4.90 Å². The predicted octanol–water partition coefficient (Wildman–Crippen LogP) is 4.33. The highest BCUT2D eigenvalue weighted by Gasteiger charge is 2.35. The standard InChI is InChI=1S/C23H15ClFN3O5/c24-20-13-16(28(32)33)8-9-19(20)23(31)26(15-5-3-4-14(25)12-15)10-11-27-21(29)17-6-1-2-7-18(17)22(27)30/h1-9,12-13H,10-11H2. The molecular weight excluding hydrogens is 453 g/mol. The fraction of sp³-hybridized carbons (Fsp3) is 0.0870. The molecule has 3 aromatic carbocycles. The molecule has 0 aromatic heterocycles. The van der Waals surface area contributed by atoms with Gasteiger partial charge in [0, 0.05) is 30.9 Å². The average molecular weight is 468 g/mol. The maximum absolute atomic E-state index is 13.9. The number of halogens is 2. The largest absolute Gasteiger partial charge is 0.306 e. The Morgan fingerprint density at radius 3 is 2.24 bits per heavy atom. The number of fused-ring (bicyclic) bond motifs is 1. The second kappa shape index (κ2) is 8.79. The summed E-state index contributed by atoms with van der Waals surface area (Å²) >= 11 is 6.12. The summed E-state index contributed by atoms with van der Waals surface area (Å²) in [6, 6.07) is 15.0. The van der Waals surface area contributed by atoms with Gasteiger partial charge < -0.3 is 4.90 Å². The van der Waals surface area contributed by atoms with Gasteiger partial charge in [-0.15, -0.1) is 0 Å². The van der Waals surface area contributed by atoms with E-state index < -0.39 is 28.5 Å². The fourth-order valence-corrected chi connectivity index (χ4v) is 3.83. The summed E-state index contributed by atoms with van der Waals surface area (Å²) < 4.78 is 13.9. The minimum Gasteiger partial charge on any atom is -0.306 e. The lowest BCUT2D eigenvalue weighted by atomic mass is 10.1. The lowest BCUT2D eigenvalue weighted by Crippen LogP contribution is -2.41. The number of amides is 3. The van der Waals surface area contributed by atoms with Gasteiger partial charge in [-0.05, 0) is 36.4 Å². The van der Waals surface area contributed by atoms with Crippen LogP contribution in [0.15, 0.2) is 66.7 Å². The first-order valence-corrected chi connectivity index (χ1v) is 10.1. The maximum Gasteiger partial charge on any atom is 0.270 e. The summed E-state index contributed by atoms with van der Waals surface area (Å²) in [7, 11) is 0. The van der Waals surface area contributed by atoms with Gasteiger partial charge in [0.15, 0.2) is 0 Å². The molecule has 0 aliphatic carbocycles. The lowest BCUT2D eigenvalue weighted by molar-refractivity contribution is -0.384. The van der Waals surface area contributed by atoms with Gasteiger partial charge in [0.25, 0.3) is 23.4 Å². The first-order chi connectivity index (χ1) is 15.8. The van der Waals surface area contributed by atoms with E-state index >= 15 is 0 Å². The molecule has 1 heterocycles. The van der Waals surface area contributed by atoms with Gasteiger partial charge in [-0.2, -0.15) is 0 Å². The summed E-state index contributed by atoms with van der Waals surface area (Å²) in [6.07, 6.45) is 0. The molecule has 0 spiro atoms. The lowest BCUT2D eigenvalue weighted by Gasteiger charge is -2.25. The first-order valence-electron chi connectivity index (χ1n) is 9.74. The maximum atomic E-state index is 13.9. The Hall–Kier alpha value is -4.11. The third kappa shape index (κ3) is 4.18. The van der Waals surface area contributed by atoms with Crippen molar-refractivity contribution in [2.24, 2.45) is 0 Å². The highest BCUT2D eigenvalue weighted by atomic mass is 35.5. The Kier molecular flexibility index (Phi) is 5.89. The number of imide groups is 1. The second-order valence-electron chi connectivity index (χ2n) is 7.17. The van der Waals surface area contributed by atoms with Crippen LogP contribution >= 0.6 is 11.6 Å². The number of nitro groups is 1. The van der Waals surface area contributed by atoms with Crippen molar-refractivity contribution in [1.82, 2.24) is 4.90 Å². The molecule has 4 rings (SSSR count). The number of carbonyl (C=O) groups excluding carboxylic acids is 3. The van der Waals surface area contributed by atoms with Crippen LogP contribution in [0.2, 0.25) is 5.02 Å². The minimum atomic E-state index is -0.669.